The van der Waals surface area contributed by atoms with Crippen LogP contribution in [-0.2, 0) is 14.8 Å². The van der Waals surface area contributed by atoms with Crippen LogP contribution in [0.25, 0.3) is 0 Å². The molecule has 5 nitrogen and oxygen atoms in total. The molecule has 2 N–H and O–H groups in total. The first-order valence-corrected chi connectivity index (χ1v) is 7.98. The van der Waals surface area contributed by atoms with Gasteiger partial charge >= 0.3 is 0 Å². The molecule has 0 saturated carbocycles. The summed E-state index contributed by atoms with van der Waals surface area (Å²) in [7, 11) is -3.51. The fourth-order valence-corrected chi connectivity index (χ4v) is 3.77. The molecule has 1 saturated heterocycles. The standard InChI is InChI=1S/C11H13Cl2NO4S/c12-9-5-7(6-10(13)11(9)15)14-19(16,17)8-1-3-18-4-2-8/h5-6,8,14-15H,1-4H2. The van der Waals surface area contributed by atoms with Gasteiger partial charge in [-0.15, -0.1) is 0 Å². The highest BCUT2D eigenvalue weighted by Gasteiger charge is 2.28. The van der Waals surface area contributed by atoms with E-state index in [0.717, 1.165) is 0 Å². The number of sulfonamides is 1. The van der Waals surface area contributed by atoms with Crippen LogP contribution >= 0.6 is 23.2 Å². The molecule has 0 spiro atoms. The van der Waals surface area contributed by atoms with Gasteiger partial charge in [-0.2, -0.15) is 0 Å². The molecule has 1 aromatic rings. The van der Waals surface area contributed by atoms with E-state index >= 15 is 0 Å². The molecular formula is C11H13Cl2NO4S. The van der Waals surface area contributed by atoms with E-state index in [1.807, 2.05) is 0 Å². The molecule has 0 aromatic heterocycles. The number of phenolic OH excluding ortho intramolecular Hbond substituents is 1. The van der Waals surface area contributed by atoms with Crippen molar-refractivity contribution in [3.63, 3.8) is 0 Å². The molecule has 0 atom stereocenters. The predicted molar refractivity (Wildman–Crippen MR) is 74.5 cm³/mol. The van der Waals surface area contributed by atoms with Gasteiger partial charge in [0.25, 0.3) is 0 Å². The lowest BCUT2D eigenvalue weighted by Crippen LogP contribution is -2.33. The predicted octanol–water partition coefficient (Wildman–Crippen LogP) is 2.62. The van der Waals surface area contributed by atoms with Crippen molar-refractivity contribution in [2.45, 2.75) is 18.1 Å². The van der Waals surface area contributed by atoms with Crippen LogP contribution in [-0.4, -0.2) is 32.0 Å². The van der Waals surface area contributed by atoms with Crippen LogP contribution in [0.3, 0.4) is 0 Å². The maximum absolute atomic E-state index is 12.1. The Hall–Kier alpha value is -0.690. The van der Waals surface area contributed by atoms with Gasteiger partial charge < -0.3 is 9.84 Å². The van der Waals surface area contributed by atoms with Crippen LogP contribution < -0.4 is 4.72 Å². The molecule has 1 aromatic carbocycles. The molecule has 2 rings (SSSR count). The number of hydrogen-bond donors (Lipinski definition) is 2. The second-order valence-corrected chi connectivity index (χ2v) is 7.02. The van der Waals surface area contributed by atoms with E-state index in [4.69, 9.17) is 27.9 Å². The van der Waals surface area contributed by atoms with E-state index in [9.17, 15) is 13.5 Å². The van der Waals surface area contributed by atoms with Crippen molar-refractivity contribution in [1.29, 1.82) is 0 Å². The normalized spacial score (nSPS) is 17.4. The minimum absolute atomic E-state index is 0.00261. The molecule has 0 amide bonds. The lowest BCUT2D eigenvalue weighted by Gasteiger charge is -2.22. The first-order valence-electron chi connectivity index (χ1n) is 5.67. The monoisotopic (exact) mass is 325 g/mol. The van der Waals surface area contributed by atoms with E-state index in [1.165, 1.54) is 12.1 Å². The SMILES string of the molecule is O=S(=O)(Nc1cc(Cl)c(O)c(Cl)c1)C1CCOCC1. The minimum atomic E-state index is -3.51. The molecule has 0 aliphatic carbocycles. The summed E-state index contributed by atoms with van der Waals surface area (Å²) in [5.41, 5.74) is 0.235. The number of halogens is 2. The Balaban J connectivity index is 2.20. The Labute approximate surface area is 121 Å². The zero-order valence-corrected chi connectivity index (χ0v) is 12.2. The molecule has 19 heavy (non-hydrogen) atoms. The number of hydrogen-bond acceptors (Lipinski definition) is 4. The Morgan fingerprint density at radius 2 is 1.74 bits per heavy atom. The first-order chi connectivity index (χ1) is 8.90. The van der Waals surface area contributed by atoms with Crippen LogP contribution in [0.5, 0.6) is 5.75 Å². The third-order valence-corrected chi connectivity index (χ3v) is 5.33. The Kier molecular flexibility index (Phi) is 4.45. The summed E-state index contributed by atoms with van der Waals surface area (Å²) in [6, 6.07) is 2.64. The van der Waals surface area contributed by atoms with Crippen LogP contribution in [0.2, 0.25) is 10.0 Å². The number of ether oxygens (including phenoxy) is 1. The van der Waals surface area contributed by atoms with Gasteiger partial charge in [0, 0.05) is 13.2 Å². The summed E-state index contributed by atoms with van der Waals surface area (Å²) >= 11 is 11.5. The number of anilines is 1. The highest BCUT2D eigenvalue weighted by atomic mass is 35.5. The maximum atomic E-state index is 12.1. The van der Waals surface area contributed by atoms with Crippen LogP contribution in [0.4, 0.5) is 5.69 Å². The van der Waals surface area contributed by atoms with Gasteiger partial charge in [-0.3, -0.25) is 4.72 Å². The van der Waals surface area contributed by atoms with Crippen LogP contribution in [0, 0.1) is 0 Å². The van der Waals surface area contributed by atoms with E-state index in [-0.39, 0.29) is 21.5 Å². The Morgan fingerprint density at radius 3 is 2.26 bits per heavy atom. The van der Waals surface area contributed by atoms with Crippen molar-refractivity contribution in [2.75, 3.05) is 17.9 Å². The summed E-state index contributed by atoms with van der Waals surface area (Å²) in [5.74, 6) is -0.266. The van der Waals surface area contributed by atoms with Crippen molar-refractivity contribution >= 4 is 38.9 Å². The Bertz CT molecular complexity index is 547. The lowest BCUT2D eigenvalue weighted by atomic mass is 10.2. The highest BCUT2D eigenvalue weighted by molar-refractivity contribution is 7.93. The van der Waals surface area contributed by atoms with Crippen molar-refractivity contribution in [1.82, 2.24) is 0 Å². The summed E-state index contributed by atoms with van der Waals surface area (Å²) in [5, 5.41) is 8.92. The van der Waals surface area contributed by atoms with E-state index in [2.05, 4.69) is 4.72 Å². The van der Waals surface area contributed by atoms with Crippen molar-refractivity contribution in [3.8, 4) is 5.75 Å². The molecule has 0 bridgehead atoms. The number of nitrogens with one attached hydrogen (secondary N) is 1. The molecule has 0 radical (unpaired) electrons. The van der Waals surface area contributed by atoms with Gasteiger partial charge in [-0.1, -0.05) is 23.2 Å². The maximum Gasteiger partial charge on any atom is 0.235 e. The van der Waals surface area contributed by atoms with Gasteiger partial charge in [0.2, 0.25) is 10.0 Å². The van der Waals surface area contributed by atoms with Crippen molar-refractivity contribution in [3.05, 3.63) is 22.2 Å². The molecule has 0 unspecified atom stereocenters. The van der Waals surface area contributed by atoms with Gasteiger partial charge in [-0.05, 0) is 25.0 Å². The quantitative estimate of drug-likeness (QED) is 0.837. The number of benzene rings is 1. The van der Waals surface area contributed by atoms with Gasteiger partial charge in [0.05, 0.1) is 21.0 Å². The molecule has 1 aliphatic rings. The molecule has 8 heteroatoms. The zero-order valence-electron chi connectivity index (χ0n) is 9.90. The smallest absolute Gasteiger partial charge is 0.235 e. The largest absolute Gasteiger partial charge is 0.505 e. The van der Waals surface area contributed by atoms with Crippen molar-refractivity contribution < 1.29 is 18.3 Å². The summed E-state index contributed by atoms with van der Waals surface area (Å²) in [6.45, 7) is 0.866. The topological polar surface area (TPSA) is 75.6 Å². The lowest BCUT2D eigenvalue weighted by molar-refractivity contribution is 0.0984. The number of phenols is 1. The van der Waals surface area contributed by atoms with E-state index in [0.29, 0.717) is 26.1 Å². The summed E-state index contributed by atoms with van der Waals surface area (Å²) in [4.78, 5) is 0. The first kappa shape index (κ1) is 14.7. The molecule has 1 heterocycles. The highest BCUT2D eigenvalue weighted by Crippen LogP contribution is 2.35. The van der Waals surface area contributed by atoms with Gasteiger partial charge in [0.1, 0.15) is 0 Å². The molecule has 106 valence electrons. The fraction of sp³-hybridized carbons (Fsp3) is 0.455. The van der Waals surface area contributed by atoms with Crippen molar-refractivity contribution in [2.24, 2.45) is 0 Å². The molecule has 1 aliphatic heterocycles. The average Bonchev–Trinajstić information content (AvgIpc) is 2.36. The number of rotatable bonds is 3. The van der Waals surface area contributed by atoms with Gasteiger partial charge in [0.15, 0.2) is 5.75 Å². The third-order valence-electron chi connectivity index (χ3n) is 2.88. The van der Waals surface area contributed by atoms with E-state index < -0.39 is 15.3 Å². The zero-order chi connectivity index (χ0) is 14.0. The van der Waals surface area contributed by atoms with Gasteiger partial charge in [-0.25, -0.2) is 8.42 Å². The fourth-order valence-electron chi connectivity index (χ4n) is 1.86. The van der Waals surface area contributed by atoms with Crippen LogP contribution in [0.15, 0.2) is 12.1 Å². The van der Waals surface area contributed by atoms with Crippen LogP contribution in [0.1, 0.15) is 12.8 Å². The minimum Gasteiger partial charge on any atom is -0.505 e. The third kappa shape index (κ3) is 3.45. The molecule has 1 fully saturated rings. The second-order valence-electron chi connectivity index (χ2n) is 4.25. The average molecular weight is 326 g/mol. The Morgan fingerprint density at radius 1 is 1.21 bits per heavy atom. The summed E-state index contributed by atoms with van der Waals surface area (Å²) in [6.07, 6.45) is 0.907. The molecular weight excluding hydrogens is 313 g/mol. The second kappa shape index (κ2) is 5.75. The number of aromatic hydroxyl groups is 1. The summed E-state index contributed by atoms with van der Waals surface area (Å²) < 4.78 is 31.9. The van der Waals surface area contributed by atoms with E-state index in [1.54, 1.807) is 0 Å².